The number of para-hydroxylation sites is 3. The third kappa shape index (κ3) is 4.94. The van der Waals surface area contributed by atoms with Crippen molar-refractivity contribution >= 4 is 27.3 Å². The van der Waals surface area contributed by atoms with E-state index in [1.165, 1.54) is 30.3 Å². The van der Waals surface area contributed by atoms with Gasteiger partial charge in [-0.3, -0.25) is 9.52 Å². The molecule has 1 aliphatic rings. The van der Waals surface area contributed by atoms with Gasteiger partial charge >= 0.3 is 0 Å². The molecule has 0 bridgehead atoms. The molecular weight excluding hydrogens is 479 g/mol. The standard InChI is InChI=1S/C28H23FN2O4S/c29-22-14-12-20(13-15-22)28(32)31-18-6-7-21-19-24(16-17-26(21)31)36(33,34)30-25-10-4-5-11-27(25)35-23-8-2-1-3-9-23/h1-5,8-17,19,30H,6-7,18H2. The molecule has 6 nitrogen and oxygen atoms in total. The molecule has 1 amide bonds. The Balaban J connectivity index is 1.40. The lowest BCUT2D eigenvalue weighted by molar-refractivity contribution is 0.0985. The van der Waals surface area contributed by atoms with E-state index in [2.05, 4.69) is 4.72 Å². The van der Waals surface area contributed by atoms with Gasteiger partial charge in [0.05, 0.1) is 10.6 Å². The van der Waals surface area contributed by atoms with Gasteiger partial charge in [-0.1, -0.05) is 30.3 Å². The highest BCUT2D eigenvalue weighted by molar-refractivity contribution is 7.92. The Labute approximate surface area is 209 Å². The molecule has 0 atom stereocenters. The summed E-state index contributed by atoms with van der Waals surface area (Å²) in [6, 6.07) is 26.0. The third-order valence-corrected chi connectivity index (χ3v) is 7.28. The highest BCUT2D eigenvalue weighted by atomic mass is 32.2. The number of sulfonamides is 1. The van der Waals surface area contributed by atoms with Gasteiger partial charge in [-0.15, -0.1) is 0 Å². The van der Waals surface area contributed by atoms with E-state index in [1.807, 2.05) is 18.2 Å². The maximum Gasteiger partial charge on any atom is 0.262 e. The fraction of sp³-hybridized carbons (Fsp3) is 0.107. The molecule has 8 heteroatoms. The van der Waals surface area contributed by atoms with Crippen molar-refractivity contribution in [3.05, 3.63) is 114 Å². The molecule has 0 unspecified atom stereocenters. The van der Waals surface area contributed by atoms with Crippen LogP contribution in [0.1, 0.15) is 22.3 Å². The second-order valence-electron chi connectivity index (χ2n) is 8.37. The molecule has 0 aliphatic carbocycles. The Morgan fingerprint density at radius 3 is 2.39 bits per heavy atom. The van der Waals surface area contributed by atoms with E-state index in [1.54, 1.807) is 53.4 Å². The molecule has 36 heavy (non-hydrogen) atoms. The summed E-state index contributed by atoms with van der Waals surface area (Å²) in [5.41, 5.74) is 2.10. The molecule has 0 radical (unpaired) electrons. The number of rotatable bonds is 6. The second kappa shape index (κ2) is 9.83. The first-order valence-electron chi connectivity index (χ1n) is 11.5. The number of aryl methyl sites for hydroxylation is 1. The Kier molecular flexibility index (Phi) is 6.43. The van der Waals surface area contributed by atoms with E-state index in [-0.39, 0.29) is 10.8 Å². The largest absolute Gasteiger partial charge is 0.455 e. The zero-order chi connectivity index (χ0) is 25.1. The number of hydrogen-bond acceptors (Lipinski definition) is 4. The van der Waals surface area contributed by atoms with E-state index in [9.17, 15) is 17.6 Å². The molecule has 1 heterocycles. The molecule has 0 fully saturated rings. The first kappa shape index (κ1) is 23.6. The highest BCUT2D eigenvalue weighted by Gasteiger charge is 2.26. The lowest BCUT2D eigenvalue weighted by atomic mass is 10.0. The number of carbonyl (C=O) groups excluding carboxylic acids is 1. The lowest BCUT2D eigenvalue weighted by Crippen LogP contribution is -2.35. The average molecular weight is 503 g/mol. The molecule has 182 valence electrons. The number of anilines is 2. The van der Waals surface area contributed by atoms with Crippen LogP contribution in [0.25, 0.3) is 0 Å². The van der Waals surface area contributed by atoms with Crippen molar-refractivity contribution in [1.82, 2.24) is 0 Å². The minimum Gasteiger partial charge on any atom is -0.455 e. The first-order chi connectivity index (χ1) is 17.4. The van der Waals surface area contributed by atoms with Crippen LogP contribution < -0.4 is 14.4 Å². The lowest BCUT2D eigenvalue weighted by Gasteiger charge is -2.30. The SMILES string of the molecule is O=C(c1ccc(F)cc1)N1CCCc2cc(S(=O)(=O)Nc3ccccc3Oc3ccccc3)ccc21. The predicted octanol–water partition coefficient (Wildman–Crippen LogP) is 6.01. The van der Waals surface area contributed by atoms with Gasteiger partial charge in [-0.2, -0.15) is 0 Å². The molecule has 0 saturated carbocycles. The quantitative estimate of drug-likeness (QED) is 0.350. The van der Waals surface area contributed by atoms with Gasteiger partial charge in [0.1, 0.15) is 11.6 Å². The van der Waals surface area contributed by atoms with Crippen LogP contribution in [-0.4, -0.2) is 20.9 Å². The molecular formula is C28H23FN2O4S. The third-order valence-electron chi connectivity index (χ3n) is 5.92. The van der Waals surface area contributed by atoms with Gasteiger partial charge in [0, 0.05) is 17.8 Å². The number of halogens is 1. The maximum atomic E-state index is 13.3. The number of carbonyl (C=O) groups is 1. The number of ether oxygens (including phenoxy) is 1. The molecule has 4 aromatic rings. The fourth-order valence-corrected chi connectivity index (χ4v) is 5.28. The predicted molar refractivity (Wildman–Crippen MR) is 137 cm³/mol. The van der Waals surface area contributed by atoms with Crippen molar-refractivity contribution in [2.45, 2.75) is 17.7 Å². The second-order valence-corrected chi connectivity index (χ2v) is 10.1. The highest BCUT2D eigenvalue weighted by Crippen LogP contribution is 2.34. The van der Waals surface area contributed by atoms with Crippen LogP contribution >= 0.6 is 0 Å². The summed E-state index contributed by atoms with van der Waals surface area (Å²) < 4.78 is 48.3. The molecule has 0 aromatic heterocycles. The molecule has 5 rings (SSSR count). The maximum absolute atomic E-state index is 13.3. The van der Waals surface area contributed by atoms with Crippen molar-refractivity contribution in [3.8, 4) is 11.5 Å². The van der Waals surface area contributed by atoms with Crippen molar-refractivity contribution in [2.24, 2.45) is 0 Å². The first-order valence-corrected chi connectivity index (χ1v) is 12.9. The van der Waals surface area contributed by atoms with Gasteiger partial charge in [0.15, 0.2) is 5.75 Å². The Bertz CT molecular complexity index is 1510. The van der Waals surface area contributed by atoms with Crippen molar-refractivity contribution in [3.63, 3.8) is 0 Å². The summed E-state index contributed by atoms with van der Waals surface area (Å²) in [5, 5.41) is 0. The van der Waals surface area contributed by atoms with E-state index in [4.69, 9.17) is 4.74 Å². The van der Waals surface area contributed by atoms with Gasteiger partial charge < -0.3 is 9.64 Å². The topological polar surface area (TPSA) is 75.7 Å². The van der Waals surface area contributed by atoms with Crippen LogP contribution in [0.2, 0.25) is 0 Å². The van der Waals surface area contributed by atoms with Crippen LogP contribution in [0.5, 0.6) is 11.5 Å². The van der Waals surface area contributed by atoms with Crippen molar-refractivity contribution in [2.75, 3.05) is 16.2 Å². The summed E-state index contributed by atoms with van der Waals surface area (Å²) in [4.78, 5) is 14.7. The summed E-state index contributed by atoms with van der Waals surface area (Å²) in [6.07, 6.45) is 1.32. The van der Waals surface area contributed by atoms with Gasteiger partial charge in [-0.05, 0) is 85.1 Å². The molecule has 1 N–H and O–H groups in total. The van der Waals surface area contributed by atoms with E-state index in [0.29, 0.717) is 47.8 Å². The minimum atomic E-state index is -3.93. The van der Waals surface area contributed by atoms with Crippen LogP contribution in [-0.2, 0) is 16.4 Å². The minimum absolute atomic E-state index is 0.0897. The average Bonchev–Trinajstić information content (AvgIpc) is 2.89. The van der Waals surface area contributed by atoms with E-state index < -0.39 is 15.8 Å². The van der Waals surface area contributed by atoms with Crippen molar-refractivity contribution < 1.29 is 22.3 Å². The van der Waals surface area contributed by atoms with Crippen LogP contribution in [0, 0.1) is 5.82 Å². The molecule has 0 spiro atoms. The number of nitrogens with one attached hydrogen (secondary N) is 1. The summed E-state index contributed by atoms with van der Waals surface area (Å²) in [7, 11) is -3.93. The van der Waals surface area contributed by atoms with Gasteiger partial charge in [-0.25, -0.2) is 12.8 Å². The zero-order valence-electron chi connectivity index (χ0n) is 19.2. The fourth-order valence-electron chi connectivity index (χ4n) is 4.16. The molecule has 4 aromatic carbocycles. The van der Waals surface area contributed by atoms with Gasteiger partial charge in [0.2, 0.25) is 0 Å². The smallest absolute Gasteiger partial charge is 0.262 e. The normalized spacial score (nSPS) is 13.1. The van der Waals surface area contributed by atoms with Crippen LogP contribution in [0.15, 0.2) is 102 Å². The Hall–Kier alpha value is -4.17. The zero-order valence-corrected chi connectivity index (χ0v) is 20.0. The Morgan fingerprint density at radius 1 is 0.889 bits per heavy atom. The molecule has 1 aliphatic heterocycles. The number of benzene rings is 4. The van der Waals surface area contributed by atoms with Crippen molar-refractivity contribution in [1.29, 1.82) is 0 Å². The number of fused-ring (bicyclic) bond motifs is 1. The molecule has 0 saturated heterocycles. The monoisotopic (exact) mass is 502 g/mol. The summed E-state index contributed by atoms with van der Waals surface area (Å²) >= 11 is 0. The van der Waals surface area contributed by atoms with Crippen LogP contribution in [0.3, 0.4) is 0 Å². The number of hydrogen-bond donors (Lipinski definition) is 1. The van der Waals surface area contributed by atoms with Crippen LogP contribution in [0.4, 0.5) is 15.8 Å². The number of nitrogens with zero attached hydrogens (tertiary/aromatic N) is 1. The van der Waals surface area contributed by atoms with E-state index in [0.717, 1.165) is 5.56 Å². The summed E-state index contributed by atoms with van der Waals surface area (Å²) in [5.74, 6) is 0.297. The van der Waals surface area contributed by atoms with Gasteiger partial charge in [0.25, 0.3) is 15.9 Å². The van der Waals surface area contributed by atoms with E-state index >= 15 is 0 Å². The Morgan fingerprint density at radius 2 is 1.61 bits per heavy atom. The number of amides is 1. The summed E-state index contributed by atoms with van der Waals surface area (Å²) in [6.45, 7) is 0.498.